The van der Waals surface area contributed by atoms with E-state index in [2.05, 4.69) is 51.6 Å². The molecule has 0 spiro atoms. The van der Waals surface area contributed by atoms with Crippen LogP contribution in [0.25, 0.3) is 0 Å². The third kappa shape index (κ3) is 6.73. The van der Waals surface area contributed by atoms with Gasteiger partial charge >= 0.3 is 0 Å². The number of amides is 2. The summed E-state index contributed by atoms with van der Waals surface area (Å²) in [7, 11) is 0. The van der Waals surface area contributed by atoms with Gasteiger partial charge in [0.15, 0.2) is 0 Å². The predicted octanol–water partition coefficient (Wildman–Crippen LogP) is 4.89. The molecule has 0 saturated carbocycles. The van der Waals surface area contributed by atoms with Gasteiger partial charge in [0.1, 0.15) is 0 Å². The summed E-state index contributed by atoms with van der Waals surface area (Å²) in [5.41, 5.74) is 5.28. The van der Waals surface area contributed by atoms with Gasteiger partial charge in [0.2, 0.25) is 0 Å². The Labute approximate surface area is 214 Å². The lowest BCUT2D eigenvalue weighted by molar-refractivity contribution is 0.0934. The van der Waals surface area contributed by atoms with E-state index in [4.69, 9.17) is 0 Å². The standard InChI is InChI=1S/C30H36N4O2/c1-22-8-7-11-27(20-22)34-18-16-33(17-19-34)15-14-24(3)31-30(36)26-13-12-23(2)28(21-26)32-29(35)25-9-5-4-6-10-25/h4-13,20-21,24H,14-19H2,1-3H3,(H,31,36)(H,32,35). The molecule has 4 rings (SSSR count). The number of benzene rings is 3. The highest BCUT2D eigenvalue weighted by atomic mass is 16.2. The zero-order valence-electron chi connectivity index (χ0n) is 21.5. The maximum Gasteiger partial charge on any atom is 0.255 e. The van der Waals surface area contributed by atoms with E-state index in [-0.39, 0.29) is 17.9 Å². The van der Waals surface area contributed by atoms with E-state index in [0.29, 0.717) is 16.8 Å². The monoisotopic (exact) mass is 484 g/mol. The van der Waals surface area contributed by atoms with Crippen LogP contribution in [0.3, 0.4) is 0 Å². The van der Waals surface area contributed by atoms with Crippen molar-refractivity contribution in [1.82, 2.24) is 10.2 Å². The van der Waals surface area contributed by atoms with Gasteiger partial charge < -0.3 is 15.5 Å². The molecular formula is C30H36N4O2. The van der Waals surface area contributed by atoms with E-state index in [0.717, 1.165) is 44.7 Å². The third-order valence-electron chi connectivity index (χ3n) is 6.78. The van der Waals surface area contributed by atoms with Crippen molar-refractivity contribution in [2.24, 2.45) is 0 Å². The smallest absolute Gasteiger partial charge is 0.255 e. The molecule has 1 atom stereocenters. The van der Waals surface area contributed by atoms with Crippen molar-refractivity contribution in [1.29, 1.82) is 0 Å². The molecule has 1 aliphatic rings. The number of hydrogen-bond donors (Lipinski definition) is 2. The van der Waals surface area contributed by atoms with E-state index in [1.54, 1.807) is 24.3 Å². The molecule has 1 saturated heterocycles. The van der Waals surface area contributed by atoms with Crippen LogP contribution in [0.2, 0.25) is 0 Å². The van der Waals surface area contributed by atoms with Gasteiger partial charge in [-0.1, -0.05) is 36.4 Å². The fourth-order valence-corrected chi connectivity index (χ4v) is 4.49. The molecule has 3 aromatic carbocycles. The summed E-state index contributed by atoms with van der Waals surface area (Å²) in [6.45, 7) is 11.1. The molecule has 36 heavy (non-hydrogen) atoms. The number of carbonyl (C=O) groups excluding carboxylic acids is 2. The average Bonchev–Trinajstić information content (AvgIpc) is 2.89. The Hall–Kier alpha value is -3.64. The lowest BCUT2D eigenvalue weighted by Gasteiger charge is -2.36. The average molecular weight is 485 g/mol. The van der Waals surface area contributed by atoms with Gasteiger partial charge in [-0.3, -0.25) is 14.5 Å². The number of rotatable bonds is 8. The molecule has 0 aromatic heterocycles. The minimum Gasteiger partial charge on any atom is -0.369 e. The van der Waals surface area contributed by atoms with Crippen molar-refractivity contribution >= 4 is 23.2 Å². The number of nitrogens with zero attached hydrogens (tertiary/aromatic N) is 2. The largest absolute Gasteiger partial charge is 0.369 e. The molecule has 0 aliphatic carbocycles. The molecule has 2 amide bonds. The van der Waals surface area contributed by atoms with Crippen LogP contribution in [0.5, 0.6) is 0 Å². The fourth-order valence-electron chi connectivity index (χ4n) is 4.49. The number of hydrogen-bond acceptors (Lipinski definition) is 4. The highest BCUT2D eigenvalue weighted by molar-refractivity contribution is 6.05. The van der Waals surface area contributed by atoms with Crippen molar-refractivity contribution in [3.63, 3.8) is 0 Å². The second-order valence-electron chi connectivity index (χ2n) is 9.68. The highest BCUT2D eigenvalue weighted by Crippen LogP contribution is 2.19. The van der Waals surface area contributed by atoms with Crippen LogP contribution < -0.4 is 15.5 Å². The molecule has 188 valence electrons. The van der Waals surface area contributed by atoms with Gasteiger partial charge in [0.05, 0.1) is 0 Å². The summed E-state index contributed by atoms with van der Waals surface area (Å²) in [4.78, 5) is 30.4. The predicted molar refractivity (Wildman–Crippen MR) is 147 cm³/mol. The summed E-state index contributed by atoms with van der Waals surface area (Å²) < 4.78 is 0. The Balaban J connectivity index is 1.25. The third-order valence-corrected chi connectivity index (χ3v) is 6.78. The summed E-state index contributed by atoms with van der Waals surface area (Å²) in [6.07, 6.45) is 0.889. The first-order valence-electron chi connectivity index (χ1n) is 12.7. The molecule has 1 fully saturated rings. The van der Waals surface area contributed by atoms with Crippen molar-refractivity contribution in [2.75, 3.05) is 42.9 Å². The summed E-state index contributed by atoms with van der Waals surface area (Å²) in [5.74, 6) is -0.311. The summed E-state index contributed by atoms with van der Waals surface area (Å²) in [6, 6.07) is 23.2. The van der Waals surface area contributed by atoms with Gasteiger partial charge in [-0.05, 0) is 74.7 Å². The number of aryl methyl sites for hydroxylation is 2. The molecule has 1 aliphatic heterocycles. The molecule has 1 unspecified atom stereocenters. The van der Waals surface area contributed by atoms with Crippen LogP contribution in [-0.4, -0.2) is 55.5 Å². The highest BCUT2D eigenvalue weighted by Gasteiger charge is 2.19. The first-order chi connectivity index (χ1) is 17.4. The normalized spacial score (nSPS) is 14.8. The van der Waals surface area contributed by atoms with Crippen molar-refractivity contribution < 1.29 is 9.59 Å². The molecule has 0 radical (unpaired) electrons. The van der Waals surface area contributed by atoms with E-state index >= 15 is 0 Å². The molecule has 1 heterocycles. The minimum absolute atomic E-state index is 0.0518. The Kier molecular flexibility index (Phi) is 8.39. The Morgan fingerprint density at radius 1 is 0.833 bits per heavy atom. The van der Waals surface area contributed by atoms with E-state index < -0.39 is 0 Å². The van der Waals surface area contributed by atoms with Crippen LogP contribution in [-0.2, 0) is 0 Å². The van der Waals surface area contributed by atoms with E-state index in [9.17, 15) is 9.59 Å². The van der Waals surface area contributed by atoms with E-state index in [1.165, 1.54) is 11.3 Å². The van der Waals surface area contributed by atoms with E-state index in [1.807, 2.05) is 38.1 Å². The fraction of sp³-hybridized carbons (Fsp3) is 0.333. The topological polar surface area (TPSA) is 64.7 Å². The lowest BCUT2D eigenvalue weighted by Crippen LogP contribution is -2.47. The molecular weight excluding hydrogens is 448 g/mol. The molecule has 6 nitrogen and oxygen atoms in total. The Morgan fingerprint density at radius 3 is 2.31 bits per heavy atom. The van der Waals surface area contributed by atoms with Gasteiger partial charge in [0.25, 0.3) is 11.8 Å². The quantitative estimate of drug-likeness (QED) is 0.478. The number of piperazine rings is 1. The Morgan fingerprint density at radius 2 is 1.58 bits per heavy atom. The van der Waals surface area contributed by atoms with Gasteiger partial charge in [-0.2, -0.15) is 0 Å². The van der Waals surface area contributed by atoms with Gasteiger partial charge in [-0.15, -0.1) is 0 Å². The second kappa shape index (κ2) is 11.9. The van der Waals surface area contributed by atoms with Gasteiger partial charge in [-0.25, -0.2) is 0 Å². The second-order valence-corrected chi connectivity index (χ2v) is 9.68. The van der Waals surface area contributed by atoms with Crippen LogP contribution in [0, 0.1) is 13.8 Å². The van der Waals surface area contributed by atoms with Crippen molar-refractivity contribution in [3.8, 4) is 0 Å². The summed E-state index contributed by atoms with van der Waals surface area (Å²) >= 11 is 0. The lowest BCUT2D eigenvalue weighted by atomic mass is 10.1. The number of anilines is 2. The first kappa shape index (κ1) is 25.5. The molecule has 0 bridgehead atoms. The molecule has 3 aromatic rings. The maximum atomic E-state index is 12.9. The zero-order valence-corrected chi connectivity index (χ0v) is 21.5. The first-order valence-corrected chi connectivity index (χ1v) is 12.7. The molecule has 2 N–H and O–H groups in total. The van der Waals surface area contributed by atoms with Gasteiger partial charge in [0, 0.05) is 61.3 Å². The zero-order chi connectivity index (χ0) is 25.5. The van der Waals surface area contributed by atoms with Crippen molar-refractivity contribution in [3.05, 3.63) is 95.1 Å². The number of nitrogens with one attached hydrogen (secondary N) is 2. The van der Waals surface area contributed by atoms with Crippen molar-refractivity contribution in [2.45, 2.75) is 33.2 Å². The van der Waals surface area contributed by atoms with Crippen LogP contribution >= 0.6 is 0 Å². The Bertz CT molecular complexity index is 1190. The molecule has 6 heteroatoms. The summed E-state index contributed by atoms with van der Waals surface area (Å²) in [5, 5.41) is 6.05. The maximum absolute atomic E-state index is 12.9. The van der Waals surface area contributed by atoms with Crippen LogP contribution in [0.15, 0.2) is 72.8 Å². The SMILES string of the molecule is Cc1cccc(N2CCN(CCC(C)NC(=O)c3ccc(C)c(NC(=O)c4ccccc4)c3)CC2)c1. The number of carbonyl (C=O) groups is 2. The van der Waals surface area contributed by atoms with Crippen LogP contribution in [0.1, 0.15) is 45.2 Å². The minimum atomic E-state index is -0.188. The van der Waals surface area contributed by atoms with Crippen LogP contribution in [0.4, 0.5) is 11.4 Å².